The van der Waals surface area contributed by atoms with Gasteiger partial charge < -0.3 is 0 Å². The van der Waals surface area contributed by atoms with Gasteiger partial charge in [-0.2, -0.15) is 5.10 Å². The summed E-state index contributed by atoms with van der Waals surface area (Å²) < 4.78 is 1.54. The van der Waals surface area contributed by atoms with Crippen LogP contribution in [0.25, 0.3) is 10.4 Å². The van der Waals surface area contributed by atoms with E-state index in [1.54, 1.807) is 28.3 Å². The van der Waals surface area contributed by atoms with Crippen LogP contribution in [0.4, 0.5) is 0 Å². The lowest BCUT2D eigenvalue weighted by Crippen LogP contribution is -2.16. The second-order valence-corrected chi connectivity index (χ2v) is 4.96. The van der Waals surface area contributed by atoms with E-state index in [-0.39, 0.29) is 5.69 Å². The number of hydrogen-bond donors (Lipinski definition) is 1. The zero-order chi connectivity index (χ0) is 12.4. The summed E-state index contributed by atoms with van der Waals surface area (Å²) in [6.45, 7) is 0.547. The molecule has 0 amide bonds. The van der Waals surface area contributed by atoms with Crippen LogP contribution in [0, 0.1) is 0 Å². The van der Waals surface area contributed by atoms with Gasteiger partial charge in [0.15, 0.2) is 0 Å². The van der Waals surface area contributed by atoms with Crippen molar-refractivity contribution in [3.8, 4) is 10.4 Å². The highest BCUT2D eigenvalue weighted by Crippen LogP contribution is 2.27. The molecule has 0 saturated carbocycles. The van der Waals surface area contributed by atoms with Crippen LogP contribution in [-0.4, -0.2) is 19.7 Å². The molecular formula is C12H10N4OS. The average Bonchev–Trinajstić information content (AvgIpc) is 3.02. The highest BCUT2D eigenvalue weighted by molar-refractivity contribution is 7.15. The minimum Gasteiger partial charge on any atom is -0.276 e. The molecule has 0 unspecified atom stereocenters. The first-order chi connectivity index (χ1) is 8.83. The molecule has 0 aliphatic heterocycles. The van der Waals surface area contributed by atoms with Crippen molar-refractivity contribution in [3.05, 3.63) is 58.3 Å². The lowest BCUT2D eigenvalue weighted by molar-refractivity contribution is 0.772. The van der Waals surface area contributed by atoms with E-state index in [0.29, 0.717) is 6.54 Å². The molecule has 18 heavy (non-hydrogen) atoms. The van der Waals surface area contributed by atoms with Gasteiger partial charge in [0, 0.05) is 22.1 Å². The minimum absolute atomic E-state index is 0.186. The van der Waals surface area contributed by atoms with E-state index >= 15 is 0 Å². The van der Waals surface area contributed by atoms with Gasteiger partial charge in [0.25, 0.3) is 0 Å². The number of aromatic nitrogens is 4. The summed E-state index contributed by atoms with van der Waals surface area (Å²) in [5.41, 5.74) is 0.953. The Morgan fingerprint density at radius 3 is 2.78 bits per heavy atom. The molecule has 0 spiro atoms. The number of aromatic amines is 1. The normalized spacial score (nSPS) is 10.7. The summed E-state index contributed by atoms with van der Waals surface area (Å²) in [7, 11) is 0. The van der Waals surface area contributed by atoms with E-state index in [1.807, 2.05) is 18.2 Å². The predicted octanol–water partition coefficient (Wildman–Crippen LogP) is 1.74. The van der Waals surface area contributed by atoms with Gasteiger partial charge in [0.2, 0.25) is 0 Å². The highest BCUT2D eigenvalue weighted by atomic mass is 32.1. The SMILES string of the molecule is O=c1[nH]ncn1Cc1ccc(-c2ccncc2)s1. The van der Waals surface area contributed by atoms with Gasteiger partial charge in [-0.1, -0.05) is 0 Å². The van der Waals surface area contributed by atoms with E-state index in [4.69, 9.17) is 0 Å². The van der Waals surface area contributed by atoms with Crippen molar-refractivity contribution in [2.45, 2.75) is 6.54 Å². The number of nitrogens with zero attached hydrogens (tertiary/aromatic N) is 3. The standard InChI is InChI=1S/C12H10N4OS/c17-12-15-14-8-16(12)7-10-1-2-11(18-10)9-3-5-13-6-4-9/h1-6,8H,7H2,(H,15,17). The fourth-order valence-corrected chi connectivity index (χ4v) is 2.70. The van der Waals surface area contributed by atoms with E-state index < -0.39 is 0 Å². The number of nitrogens with one attached hydrogen (secondary N) is 1. The Balaban J connectivity index is 1.87. The first-order valence-corrected chi connectivity index (χ1v) is 6.23. The summed E-state index contributed by atoms with van der Waals surface area (Å²) in [5, 5.41) is 6.09. The van der Waals surface area contributed by atoms with Gasteiger partial charge in [-0.25, -0.2) is 9.89 Å². The van der Waals surface area contributed by atoms with Crippen LogP contribution in [0.5, 0.6) is 0 Å². The van der Waals surface area contributed by atoms with Crippen molar-refractivity contribution in [2.75, 3.05) is 0 Å². The number of thiophene rings is 1. The van der Waals surface area contributed by atoms with Crippen LogP contribution < -0.4 is 5.69 Å². The van der Waals surface area contributed by atoms with Crippen molar-refractivity contribution >= 4 is 11.3 Å². The van der Waals surface area contributed by atoms with E-state index in [9.17, 15) is 4.79 Å². The number of pyridine rings is 1. The maximum Gasteiger partial charge on any atom is 0.343 e. The molecule has 0 aliphatic carbocycles. The second kappa shape index (κ2) is 4.58. The van der Waals surface area contributed by atoms with Crippen molar-refractivity contribution in [2.24, 2.45) is 0 Å². The number of H-pyrrole nitrogens is 1. The fourth-order valence-electron chi connectivity index (χ4n) is 1.69. The van der Waals surface area contributed by atoms with E-state index in [1.165, 1.54) is 11.2 Å². The largest absolute Gasteiger partial charge is 0.343 e. The molecule has 0 bridgehead atoms. The predicted molar refractivity (Wildman–Crippen MR) is 69.5 cm³/mol. The Morgan fingerprint density at radius 2 is 2.06 bits per heavy atom. The fraction of sp³-hybridized carbons (Fsp3) is 0.0833. The monoisotopic (exact) mass is 258 g/mol. The Kier molecular flexibility index (Phi) is 2.77. The zero-order valence-corrected chi connectivity index (χ0v) is 10.2. The van der Waals surface area contributed by atoms with Crippen LogP contribution in [0.15, 0.2) is 47.8 Å². The molecule has 90 valence electrons. The molecular weight excluding hydrogens is 248 g/mol. The molecule has 1 N–H and O–H groups in total. The Labute approximate surface area is 107 Å². The third-order valence-electron chi connectivity index (χ3n) is 2.57. The molecule has 0 fully saturated rings. The van der Waals surface area contributed by atoms with E-state index in [0.717, 1.165) is 10.4 Å². The number of hydrogen-bond acceptors (Lipinski definition) is 4. The van der Waals surface area contributed by atoms with Gasteiger partial charge in [0.05, 0.1) is 6.54 Å². The van der Waals surface area contributed by atoms with E-state index in [2.05, 4.69) is 21.2 Å². The molecule has 6 heteroatoms. The summed E-state index contributed by atoms with van der Waals surface area (Å²) >= 11 is 1.66. The Hall–Kier alpha value is -2.21. The molecule has 3 aromatic heterocycles. The Bertz CT molecular complexity index is 698. The van der Waals surface area contributed by atoms with Crippen molar-refractivity contribution < 1.29 is 0 Å². The molecule has 0 saturated heterocycles. The van der Waals surface area contributed by atoms with Crippen LogP contribution in [0.1, 0.15) is 4.88 Å². The molecule has 0 aromatic carbocycles. The van der Waals surface area contributed by atoms with Gasteiger partial charge >= 0.3 is 5.69 Å². The second-order valence-electron chi connectivity index (χ2n) is 3.79. The molecule has 0 atom stereocenters. The van der Waals surface area contributed by atoms with Crippen molar-refractivity contribution in [1.82, 2.24) is 19.7 Å². The van der Waals surface area contributed by atoms with Crippen LogP contribution >= 0.6 is 11.3 Å². The maximum atomic E-state index is 11.3. The summed E-state index contributed by atoms with van der Waals surface area (Å²) in [4.78, 5) is 17.6. The highest BCUT2D eigenvalue weighted by Gasteiger charge is 2.04. The van der Waals surface area contributed by atoms with Crippen LogP contribution in [0.2, 0.25) is 0 Å². The van der Waals surface area contributed by atoms with Crippen LogP contribution in [-0.2, 0) is 6.54 Å². The molecule has 3 aromatic rings. The average molecular weight is 258 g/mol. The van der Waals surface area contributed by atoms with Crippen molar-refractivity contribution in [3.63, 3.8) is 0 Å². The van der Waals surface area contributed by atoms with Gasteiger partial charge in [0.1, 0.15) is 6.33 Å². The third-order valence-corrected chi connectivity index (χ3v) is 3.69. The van der Waals surface area contributed by atoms with Gasteiger partial charge in [-0.15, -0.1) is 11.3 Å². The zero-order valence-electron chi connectivity index (χ0n) is 9.41. The first-order valence-electron chi connectivity index (χ1n) is 5.42. The molecule has 3 rings (SSSR count). The summed E-state index contributed by atoms with van der Waals surface area (Å²) in [6.07, 6.45) is 5.05. The maximum absolute atomic E-state index is 11.3. The summed E-state index contributed by atoms with van der Waals surface area (Å²) in [5.74, 6) is 0. The first kappa shape index (κ1) is 10.9. The lowest BCUT2D eigenvalue weighted by Gasteiger charge is -1.96. The molecule has 0 radical (unpaired) electrons. The van der Waals surface area contributed by atoms with Crippen molar-refractivity contribution in [1.29, 1.82) is 0 Å². The third kappa shape index (κ3) is 2.10. The quantitative estimate of drug-likeness (QED) is 0.778. The van der Waals surface area contributed by atoms with Gasteiger partial charge in [-0.05, 0) is 29.8 Å². The van der Waals surface area contributed by atoms with Crippen LogP contribution in [0.3, 0.4) is 0 Å². The molecule has 0 aliphatic rings. The minimum atomic E-state index is -0.186. The summed E-state index contributed by atoms with van der Waals surface area (Å²) in [6, 6.07) is 8.03. The topological polar surface area (TPSA) is 63.6 Å². The number of rotatable bonds is 3. The molecule has 5 nitrogen and oxygen atoms in total. The Morgan fingerprint density at radius 1 is 1.22 bits per heavy atom. The smallest absolute Gasteiger partial charge is 0.276 e. The lowest BCUT2D eigenvalue weighted by atomic mass is 10.2. The van der Waals surface area contributed by atoms with Gasteiger partial charge in [-0.3, -0.25) is 9.55 Å². The molecule has 3 heterocycles.